The van der Waals surface area contributed by atoms with Gasteiger partial charge in [-0.3, -0.25) is 0 Å². The highest BCUT2D eigenvalue weighted by atomic mass is 35.5. The Morgan fingerprint density at radius 1 is 1.24 bits per heavy atom. The number of hydrogen-bond donors (Lipinski definition) is 3. The van der Waals surface area contributed by atoms with Crippen LogP contribution >= 0.6 is 23.4 Å². The van der Waals surface area contributed by atoms with E-state index in [9.17, 15) is 0 Å². The second-order valence-electron chi connectivity index (χ2n) is 9.67. The van der Waals surface area contributed by atoms with Gasteiger partial charge in [0.05, 0.1) is 23.7 Å². The van der Waals surface area contributed by atoms with Gasteiger partial charge in [-0.1, -0.05) is 44.2 Å². The fourth-order valence-corrected chi connectivity index (χ4v) is 5.36. The third kappa shape index (κ3) is 8.25. The highest BCUT2D eigenvalue weighted by Crippen LogP contribution is 2.37. The summed E-state index contributed by atoms with van der Waals surface area (Å²) < 4.78 is 6.23. The first-order valence-corrected chi connectivity index (χ1v) is 14.2. The normalized spacial score (nSPS) is 15.3. The second-order valence-corrected chi connectivity index (χ2v) is 11.7. The van der Waals surface area contributed by atoms with E-state index in [1.807, 2.05) is 26.8 Å². The van der Waals surface area contributed by atoms with Crippen molar-refractivity contribution in [2.45, 2.75) is 71.7 Å². The van der Waals surface area contributed by atoms with E-state index in [1.54, 1.807) is 24.0 Å². The first kappa shape index (κ1) is 29.1. The molecule has 1 aliphatic rings. The van der Waals surface area contributed by atoms with Crippen LogP contribution in [-0.4, -0.2) is 34.4 Å². The van der Waals surface area contributed by atoms with Crippen molar-refractivity contribution < 1.29 is 4.74 Å². The summed E-state index contributed by atoms with van der Waals surface area (Å²) in [5.41, 5.74) is 4.30. The number of ether oxygens (including phenoxy) is 1. The third-order valence-electron chi connectivity index (χ3n) is 5.93. The van der Waals surface area contributed by atoms with Crippen molar-refractivity contribution in [1.82, 2.24) is 15.3 Å². The molecule has 1 saturated heterocycles. The number of halogens is 1. The van der Waals surface area contributed by atoms with Gasteiger partial charge in [0.15, 0.2) is 5.82 Å². The minimum atomic E-state index is 0.0387. The quantitative estimate of drug-likeness (QED) is 0.249. The molecule has 0 atom stereocenters. The van der Waals surface area contributed by atoms with E-state index in [2.05, 4.69) is 66.5 Å². The average molecular weight is 542 g/mol. The van der Waals surface area contributed by atoms with E-state index in [0.29, 0.717) is 28.0 Å². The molecule has 1 aromatic carbocycles. The molecule has 8 heteroatoms. The van der Waals surface area contributed by atoms with Gasteiger partial charge in [0, 0.05) is 10.2 Å². The molecule has 1 aliphatic heterocycles. The number of rotatable bonds is 11. The van der Waals surface area contributed by atoms with Crippen molar-refractivity contribution in [3.63, 3.8) is 0 Å². The number of piperidine rings is 1. The Kier molecular flexibility index (Phi) is 10.9. The summed E-state index contributed by atoms with van der Waals surface area (Å²) >= 11 is 8.27. The summed E-state index contributed by atoms with van der Waals surface area (Å²) in [6, 6.07) is 4.33. The van der Waals surface area contributed by atoms with Crippen molar-refractivity contribution in [2.24, 2.45) is 0 Å². The van der Waals surface area contributed by atoms with Crippen LogP contribution in [0.5, 0.6) is 5.75 Å². The van der Waals surface area contributed by atoms with Crippen LogP contribution < -0.4 is 20.7 Å². The summed E-state index contributed by atoms with van der Waals surface area (Å²) in [6.45, 7) is 18.5. The van der Waals surface area contributed by atoms with Gasteiger partial charge < -0.3 is 20.7 Å². The predicted octanol–water partition coefficient (Wildman–Crippen LogP) is 7.96. The summed E-state index contributed by atoms with van der Waals surface area (Å²) in [5, 5.41) is 11.1. The first-order valence-electron chi connectivity index (χ1n) is 13.0. The number of nitrogens with one attached hydrogen (secondary N) is 3. The Morgan fingerprint density at radius 3 is 2.59 bits per heavy atom. The minimum absolute atomic E-state index is 0.0387. The van der Waals surface area contributed by atoms with Gasteiger partial charge in [0.2, 0.25) is 5.95 Å². The van der Waals surface area contributed by atoms with Gasteiger partial charge in [-0.05, 0) is 88.9 Å². The number of benzene rings is 1. The maximum Gasteiger partial charge on any atom is 0.229 e. The van der Waals surface area contributed by atoms with Crippen LogP contribution in [0.1, 0.15) is 64.5 Å². The van der Waals surface area contributed by atoms with Crippen molar-refractivity contribution in [1.29, 1.82) is 0 Å². The summed E-state index contributed by atoms with van der Waals surface area (Å²) in [4.78, 5) is 10.2. The molecule has 0 saturated carbocycles. The molecular formula is C29H40ClN5OS. The Labute approximate surface area is 231 Å². The van der Waals surface area contributed by atoms with Crippen LogP contribution in [0.25, 0.3) is 0 Å². The van der Waals surface area contributed by atoms with E-state index in [1.165, 1.54) is 11.1 Å². The molecule has 1 fully saturated rings. The van der Waals surface area contributed by atoms with Crippen LogP contribution in [0.3, 0.4) is 0 Å². The molecular weight excluding hydrogens is 502 g/mol. The number of nitrogens with zero attached hydrogens (tertiary/aromatic N) is 2. The lowest BCUT2D eigenvalue weighted by Crippen LogP contribution is -2.27. The fourth-order valence-electron chi connectivity index (χ4n) is 4.33. The van der Waals surface area contributed by atoms with E-state index >= 15 is 0 Å². The highest BCUT2D eigenvalue weighted by molar-refractivity contribution is 8.03. The van der Waals surface area contributed by atoms with Gasteiger partial charge in [-0.25, -0.2) is 4.98 Å². The van der Waals surface area contributed by atoms with E-state index in [4.69, 9.17) is 21.3 Å². The standard InChI is InChI=1S/C29H40ClN5OS/c1-8-10-24(27(9-2)37-19(5)6)33-28-23(30)17-32-29(35-28)34-25-15-20(7)22(16-26(25)36-18(3)4)21-11-13-31-14-12-21/h8-10,15-19,21,31H,1,11-14H2,2-7H3,(H2,32,33,34,35)/b24-10+,27-9+. The number of allylic oxidation sites excluding steroid dienone is 3. The molecule has 0 radical (unpaired) electrons. The van der Waals surface area contributed by atoms with Gasteiger partial charge in [-0.2, -0.15) is 4.98 Å². The zero-order valence-corrected chi connectivity index (χ0v) is 24.4. The van der Waals surface area contributed by atoms with Crippen LogP contribution in [0.4, 0.5) is 17.5 Å². The zero-order valence-electron chi connectivity index (χ0n) is 22.8. The number of anilines is 3. The maximum absolute atomic E-state index is 6.50. The Bertz CT molecular complexity index is 1140. The van der Waals surface area contributed by atoms with E-state index in [-0.39, 0.29) is 6.10 Å². The predicted molar refractivity (Wildman–Crippen MR) is 160 cm³/mol. The van der Waals surface area contributed by atoms with Crippen LogP contribution in [-0.2, 0) is 0 Å². The molecule has 0 aliphatic carbocycles. The molecule has 2 heterocycles. The molecule has 37 heavy (non-hydrogen) atoms. The third-order valence-corrected chi connectivity index (χ3v) is 7.39. The fraction of sp³-hybridized carbons (Fsp3) is 0.448. The van der Waals surface area contributed by atoms with Crippen molar-refractivity contribution in [2.75, 3.05) is 23.7 Å². The van der Waals surface area contributed by atoms with Crippen molar-refractivity contribution in [3.05, 3.63) is 69.9 Å². The summed E-state index contributed by atoms with van der Waals surface area (Å²) in [7, 11) is 0. The molecule has 0 spiro atoms. The first-order chi connectivity index (χ1) is 17.7. The molecule has 0 amide bonds. The molecule has 0 unspecified atom stereocenters. The van der Waals surface area contributed by atoms with Gasteiger partial charge >= 0.3 is 0 Å². The van der Waals surface area contributed by atoms with E-state index < -0.39 is 0 Å². The number of aryl methyl sites for hydroxylation is 1. The van der Waals surface area contributed by atoms with Gasteiger partial charge in [-0.15, -0.1) is 11.8 Å². The molecule has 200 valence electrons. The Balaban J connectivity index is 1.92. The topological polar surface area (TPSA) is 71.1 Å². The summed E-state index contributed by atoms with van der Waals surface area (Å²) in [5.74, 6) is 2.29. The molecule has 6 nitrogen and oxygen atoms in total. The molecule has 2 aromatic rings. The van der Waals surface area contributed by atoms with Gasteiger partial charge in [0.1, 0.15) is 10.8 Å². The largest absolute Gasteiger partial charge is 0.489 e. The molecule has 1 aromatic heterocycles. The highest BCUT2D eigenvalue weighted by Gasteiger charge is 2.21. The number of hydrogen-bond acceptors (Lipinski definition) is 7. The minimum Gasteiger partial charge on any atom is -0.489 e. The van der Waals surface area contributed by atoms with E-state index in [0.717, 1.165) is 48.0 Å². The maximum atomic E-state index is 6.50. The van der Waals surface area contributed by atoms with Crippen molar-refractivity contribution in [3.8, 4) is 5.75 Å². The monoisotopic (exact) mass is 541 g/mol. The van der Waals surface area contributed by atoms with Gasteiger partial charge in [0.25, 0.3) is 0 Å². The Morgan fingerprint density at radius 2 is 1.97 bits per heavy atom. The van der Waals surface area contributed by atoms with Crippen LogP contribution in [0, 0.1) is 6.92 Å². The SMILES string of the molecule is C=C/C=C(Nc1nc(Nc2cc(C)c(C3CCNCC3)cc2OC(C)C)ncc1Cl)\C(=C/C)SC(C)C. The lowest BCUT2D eigenvalue weighted by Gasteiger charge is -2.26. The number of aromatic nitrogens is 2. The van der Waals surface area contributed by atoms with Crippen molar-refractivity contribution >= 4 is 40.8 Å². The Hall–Kier alpha value is -2.48. The van der Waals surface area contributed by atoms with Crippen LogP contribution in [0.2, 0.25) is 5.02 Å². The zero-order chi connectivity index (χ0) is 26.9. The second kappa shape index (κ2) is 13.9. The average Bonchev–Trinajstić information content (AvgIpc) is 2.86. The number of thioether (sulfide) groups is 1. The molecule has 3 N–H and O–H groups in total. The lowest BCUT2D eigenvalue weighted by molar-refractivity contribution is 0.243. The summed E-state index contributed by atoms with van der Waals surface area (Å²) in [6.07, 6.45) is 9.66. The lowest BCUT2D eigenvalue weighted by atomic mass is 9.87. The smallest absolute Gasteiger partial charge is 0.229 e. The van der Waals surface area contributed by atoms with Crippen LogP contribution in [0.15, 0.2) is 53.7 Å². The molecule has 3 rings (SSSR count). The molecule has 0 bridgehead atoms.